The van der Waals surface area contributed by atoms with E-state index in [1.54, 1.807) is 43.9 Å². The zero-order chi connectivity index (χ0) is 21.2. The maximum atomic E-state index is 14.4. The van der Waals surface area contributed by atoms with Crippen molar-refractivity contribution in [3.63, 3.8) is 0 Å². The van der Waals surface area contributed by atoms with E-state index in [2.05, 4.69) is 15.3 Å². The van der Waals surface area contributed by atoms with Crippen molar-refractivity contribution in [3.8, 4) is 0 Å². The van der Waals surface area contributed by atoms with Crippen LogP contribution in [0.25, 0.3) is 0 Å². The maximum absolute atomic E-state index is 14.4. The largest absolute Gasteiger partial charge is 0.478 e. The number of benzene rings is 1. The second-order valence-electron chi connectivity index (χ2n) is 7.86. The smallest absolute Gasteiger partial charge is 0.407 e. The van der Waals surface area contributed by atoms with E-state index in [9.17, 15) is 14.0 Å². The van der Waals surface area contributed by atoms with Gasteiger partial charge in [-0.25, -0.2) is 23.9 Å². The van der Waals surface area contributed by atoms with Crippen LogP contribution in [0.15, 0.2) is 36.7 Å². The first-order valence-corrected chi connectivity index (χ1v) is 9.18. The molecule has 1 aromatic carbocycles. The van der Waals surface area contributed by atoms with Gasteiger partial charge in [0.2, 0.25) is 5.95 Å². The Morgan fingerprint density at radius 1 is 1.21 bits per heavy atom. The predicted molar refractivity (Wildman–Crippen MR) is 104 cm³/mol. The molecule has 2 atom stereocenters. The Morgan fingerprint density at radius 3 is 2.45 bits per heavy atom. The highest BCUT2D eigenvalue weighted by atomic mass is 19.1. The van der Waals surface area contributed by atoms with Crippen LogP contribution in [-0.4, -0.2) is 51.9 Å². The zero-order valence-corrected chi connectivity index (χ0v) is 16.4. The summed E-state index contributed by atoms with van der Waals surface area (Å²) in [6, 6.07) is 5.96. The summed E-state index contributed by atoms with van der Waals surface area (Å²) in [6.45, 7) is 5.97. The molecule has 0 spiro atoms. The molecule has 9 heteroatoms. The summed E-state index contributed by atoms with van der Waals surface area (Å²) in [5.74, 6) is -1.53. The summed E-state index contributed by atoms with van der Waals surface area (Å²) in [4.78, 5) is 33.3. The summed E-state index contributed by atoms with van der Waals surface area (Å²) in [6.07, 6.45) is 1.85. The van der Waals surface area contributed by atoms with Crippen molar-refractivity contribution in [3.05, 3.63) is 53.6 Å². The van der Waals surface area contributed by atoms with Crippen molar-refractivity contribution in [2.24, 2.45) is 0 Å². The monoisotopic (exact) mass is 402 g/mol. The number of alkyl carbamates (subject to hydrolysis) is 1. The number of aromatic nitrogens is 2. The Kier molecular flexibility index (Phi) is 5.67. The molecule has 2 aromatic rings. The Balaban J connectivity index is 1.84. The van der Waals surface area contributed by atoms with Crippen molar-refractivity contribution < 1.29 is 23.8 Å². The first-order valence-electron chi connectivity index (χ1n) is 9.18. The first-order chi connectivity index (χ1) is 13.6. The highest BCUT2D eigenvalue weighted by Gasteiger charge is 2.38. The molecule has 1 fully saturated rings. The molecule has 0 aliphatic carbocycles. The molecule has 3 rings (SSSR count). The normalized spacial score (nSPS) is 19.1. The molecule has 2 heterocycles. The molecule has 0 saturated carbocycles. The van der Waals surface area contributed by atoms with E-state index in [4.69, 9.17) is 9.84 Å². The molecule has 0 radical (unpaired) electrons. The number of nitrogens with one attached hydrogen (secondary N) is 1. The fourth-order valence-electron chi connectivity index (χ4n) is 3.26. The van der Waals surface area contributed by atoms with Gasteiger partial charge in [0.1, 0.15) is 11.4 Å². The number of hydrogen-bond donors (Lipinski definition) is 2. The molecule has 1 aromatic heterocycles. The number of halogens is 1. The van der Waals surface area contributed by atoms with Gasteiger partial charge in [-0.3, -0.25) is 0 Å². The van der Waals surface area contributed by atoms with Gasteiger partial charge in [0, 0.05) is 31.4 Å². The van der Waals surface area contributed by atoms with Crippen LogP contribution in [0.3, 0.4) is 0 Å². The van der Waals surface area contributed by atoms with Gasteiger partial charge in [-0.15, -0.1) is 0 Å². The fourth-order valence-corrected chi connectivity index (χ4v) is 3.26. The first kappa shape index (κ1) is 20.5. The van der Waals surface area contributed by atoms with E-state index in [1.807, 2.05) is 0 Å². The van der Waals surface area contributed by atoms with Crippen molar-refractivity contribution in [1.29, 1.82) is 0 Å². The van der Waals surface area contributed by atoms with E-state index in [1.165, 1.54) is 18.5 Å². The minimum Gasteiger partial charge on any atom is -0.478 e. The lowest BCUT2D eigenvalue weighted by Crippen LogP contribution is -2.43. The number of carboxylic acid groups (broad SMARTS) is 1. The van der Waals surface area contributed by atoms with Crippen molar-refractivity contribution in [2.75, 3.05) is 18.0 Å². The van der Waals surface area contributed by atoms with Crippen LogP contribution in [0.2, 0.25) is 0 Å². The van der Waals surface area contributed by atoms with Crippen molar-refractivity contribution in [1.82, 2.24) is 15.3 Å². The minimum absolute atomic E-state index is 0.0259. The van der Waals surface area contributed by atoms with Gasteiger partial charge in [0.25, 0.3) is 0 Å². The van der Waals surface area contributed by atoms with Crippen molar-refractivity contribution in [2.45, 2.75) is 38.3 Å². The third-order valence-electron chi connectivity index (χ3n) is 4.49. The minimum atomic E-state index is -1.12. The molecular formula is C20H23FN4O4. The van der Waals surface area contributed by atoms with E-state index in [0.29, 0.717) is 24.6 Å². The topological polar surface area (TPSA) is 105 Å². The molecule has 1 amide bonds. The Labute approximate surface area is 167 Å². The van der Waals surface area contributed by atoms with Gasteiger partial charge < -0.3 is 20.1 Å². The lowest BCUT2D eigenvalue weighted by molar-refractivity contribution is 0.0504. The predicted octanol–water partition coefficient (Wildman–Crippen LogP) is 2.81. The number of carbonyl (C=O) groups is 2. The molecule has 1 aliphatic rings. The van der Waals surface area contributed by atoms with Crippen molar-refractivity contribution >= 4 is 18.0 Å². The molecule has 29 heavy (non-hydrogen) atoms. The number of carbonyl (C=O) groups excluding carboxylic acids is 1. The molecule has 1 saturated heterocycles. The lowest BCUT2D eigenvalue weighted by atomic mass is 9.94. The van der Waals surface area contributed by atoms with Gasteiger partial charge in [0.05, 0.1) is 11.6 Å². The molecule has 0 bridgehead atoms. The number of hydrogen-bond acceptors (Lipinski definition) is 6. The number of amides is 1. The van der Waals surface area contributed by atoms with Gasteiger partial charge in [-0.05, 0) is 32.4 Å². The van der Waals surface area contributed by atoms with Gasteiger partial charge in [0.15, 0.2) is 0 Å². The summed E-state index contributed by atoms with van der Waals surface area (Å²) in [7, 11) is 0. The number of anilines is 1. The van der Waals surface area contributed by atoms with Crippen LogP contribution < -0.4 is 10.2 Å². The standard InChI is InChI=1S/C20H23FN4O4/c1-20(2,3)29-19(28)24-16-11-25(18-22-8-12(9-23-18)17(26)27)10-14(16)13-6-4-5-7-15(13)21/h4-9,14,16H,10-11H2,1-3H3,(H,24,28)(H,26,27). The summed E-state index contributed by atoms with van der Waals surface area (Å²) in [5, 5.41) is 11.8. The quantitative estimate of drug-likeness (QED) is 0.810. The Bertz CT molecular complexity index is 898. The molecule has 2 N–H and O–H groups in total. The third-order valence-corrected chi connectivity index (χ3v) is 4.49. The van der Waals surface area contributed by atoms with Gasteiger partial charge in [-0.2, -0.15) is 0 Å². The van der Waals surface area contributed by atoms with Crippen LogP contribution >= 0.6 is 0 Å². The van der Waals surface area contributed by atoms with E-state index in [-0.39, 0.29) is 17.3 Å². The number of aromatic carboxylic acids is 1. The number of carboxylic acids is 1. The van der Waals surface area contributed by atoms with E-state index < -0.39 is 23.7 Å². The lowest BCUT2D eigenvalue weighted by Gasteiger charge is -2.24. The zero-order valence-electron chi connectivity index (χ0n) is 16.4. The summed E-state index contributed by atoms with van der Waals surface area (Å²) >= 11 is 0. The molecule has 2 unspecified atom stereocenters. The Hall–Kier alpha value is -3.23. The van der Waals surface area contributed by atoms with Crippen LogP contribution in [0.5, 0.6) is 0 Å². The molecule has 8 nitrogen and oxygen atoms in total. The second-order valence-corrected chi connectivity index (χ2v) is 7.86. The average molecular weight is 402 g/mol. The van der Waals surface area contributed by atoms with Gasteiger partial charge >= 0.3 is 12.1 Å². The highest BCUT2D eigenvalue weighted by molar-refractivity contribution is 5.86. The summed E-state index contributed by atoms with van der Waals surface area (Å²) < 4.78 is 19.8. The number of rotatable bonds is 4. The average Bonchev–Trinajstić information content (AvgIpc) is 3.04. The number of nitrogens with zero attached hydrogens (tertiary/aromatic N) is 3. The van der Waals surface area contributed by atoms with E-state index in [0.717, 1.165) is 0 Å². The fraction of sp³-hybridized carbons (Fsp3) is 0.400. The molecule has 154 valence electrons. The third kappa shape index (κ3) is 4.98. The van der Waals surface area contributed by atoms with Gasteiger partial charge in [-0.1, -0.05) is 18.2 Å². The molecule has 1 aliphatic heterocycles. The highest BCUT2D eigenvalue weighted by Crippen LogP contribution is 2.31. The number of ether oxygens (including phenoxy) is 1. The van der Waals surface area contributed by atoms with Crippen LogP contribution in [0, 0.1) is 5.82 Å². The SMILES string of the molecule is CC(C)(C)OC(=O)NC1CN(c2ncc(C(=O)O)cn2)CC1c1ccccc1F. The van der Waals surface area contributed by atoms with Crippen LogP contribution in [0.1, 0.15) is 42.6 Å². The van der Waals surface area contributed by atoms with Crippen LogP contribution in [0.4, 0.5) is 15.1 Å². The second kappa shape index (κ2) is 8.02. The Morgan fingerprint density at radius 2 is 1.86 bits per heavy atom. The maximum Gasteiger partial charge on any atom is 0.407 e. The molecular weight excluding hydrogens is 379 g/mol. The van der Waals surface area contributed by atoms with Crippen LogP contribution in [-0.2, 0) is 4.74 Å². The summed E-state index contributed by atoms with van der Waals surface area (Å²) in [5.41, 5.74) is -0.216. The van der Waals surface area contributed by atoms with E-state index >= 15 is 0 Å².